The van der Waals surface area contributed by atoms with E-state index < -0.39 is 0 Å². The zero-order chi connectivity index (χ0) is 27.6. The van der Waals surface area contributed by atoms with Crippen LogP contribution >= 0.6 is 0 Å². The predicted octanol–water partition coefficient (Wildman–Crippen LogP) is 4.05. The third-order valence-electron chi connectivity index (χ3n) is 7.44. The number of nitrogens with one attached hydrogen (secondary N) is 1. The Morgan fingerprint density at radius 3 is 2.52 bits per heavy atom. The molecule has 4 aromatic heterocycles. The summed E-state index contributed by atoms with van der Waals surface area (Å²) in [4.78, 5) is 17.0. The fourth-order valence-corrected chi connectivity index (χ4v) is 5.29. The van der Waals surface area contributed by atoms with Crippen LogP contribution in [-0.2, 0) is 13.6 Å². The van der Waals surface area contributed by atoms with Crippen LogP contribution < -0.4 is 20.3 Å². The Labute approximate surface area is 231 Å². The largest absolute Gasteiger partial charge is 0.497 e. The maximum Gasteiger partial charge on any atom is 0.267 e. The van der Waals surface area contributed by atoms with Crippen LogP contribution in [0.3, 0.4) is 0 Å². The number of hydrogen-bond donors (Lipinski definition) is 1. The lowest BCUT2D eigenvalue weighted by molar-refractivity contribution is 0.123. The maximum atomic E-state index is 12.4. The molecule has 6 rings (SSSR count). The predicted molar refractivity (Wildman–Crippen MR) is 152 cm³/mol. The molecule has 1 N–H and O–H groups in total. The Hall–Kier alpha value is -4.67. The van der Waals surface area contributed by atoms with E-state index in [2.05, 4.69) is 31.2 Å². The Morgan fingerprint density at radius 2 is 1.82 bits per heavy atom. The van der Waals surface area contributed by atoms with Gasteiger partial charge in [0, 0.05) is 55.6 Å². The maximum absolute atomic E-state index is 12.4. The zero-order valence-electron chi connectivity index (χ0n) is 22.8. The number of aryl methyl sites for hydroxylation is 1. The summed E-state index contributed by atoms with van der Waals surface area (Å²) in [5, 5.41) is 18.0. The van der Waals surface area contributed by atoms with Gasteiger partial charge in [-0.1, -0.05) is 12.1 Å². The number of nitrogens with zero attached hydrogens (tertiary/aromatic N) is 7. The van der Waals surface area contributed by atoms with Gasteiger partial charge in [0.25, 0.3) is 5.56 Å². The monoisotopic (exact) mass is 540 g/mol. The van der Waals surface area contributed by atoms with Gasteiger partial charge < -0.3 is 14.8 Å². The summed E-state index contributed by atoms with van der Waals surface area (Å²) in [5.74, 6) is 2.04. The number of hydrogen-bond acceptors (Lipinski definition) is 8. The third-order valence-corrected chi connectivity index (χ3v) is 7.44. The van der Waals surface area contributed by atoms with E-state index >= 15 is 0 Å². The number of fused-ring (bicyclic) bond motifs is 1. The van der Waals surface area contributed by atoms with Crippen molar-refractivity contribution in [3.63, 3.8) is 0 Å². The van der Waals surface area contributed by atoms with Crippen LogP contribution in [0.1, 0.15) is 37.3 Å². The first-order valence-electron chi connectivity index (χ1n) is 13.4. The second-order valence-electron chi connectivity index (χ2n) is 10.1. The molecule has 1 aliphatic rings. The SMILES string of the molecule is CNc1cc2c(cn1)c(-c1cnn(C)c1)nn2C1CCC(Oc2ccc(=O)n(Cc3ccc(OC)cc3)n2)CC1. The average Bonchev–Trinajstić information content (AvgIpc) is 3.58. The van der Waals surface area contributed by atoms with Crippen LogP contribution in [-0.4, -0.2) is 54.6 Å². The fourth-order valence-electron chi connectivity index (χ4n) is 5.29. The molecule has 206 valence electrons. The van der Waals surface area contributed by atoms with E-state index in [1.54, 1.807) is 17.9 Å². The van der Waals surface area contributed by atoms with Crippen molar-refractivity contribution in [3.8, 4) is 22.9 Å². The summed E-state index contributed by atoms with van der Waals surface area (Å²) in [6.07, 6.45) is 9.26. The molecule has 1 aliphatic carbocycles. The summed E-state index contributed by atoms with van der Waals surface area (Å²) < 4.78 is 16.8. The summed E-state index contributed by atoms with van der Waals surface area (Å²) >= 11 is 0. The van der Waals surface area contributed by atoms with Crippen LogP contribution in [0.5, 0.6) is 11.6 Å². The van der Waals surface area contributed by atoms with E-state index in [1.165, 1.54) is 10.7 Å². The number of ether oxygens (including phenoxy) is 2. The molecule has 1 fully saturated rings. The van der Waals surface area contributed by atoms with Crippen LogP contribution in [0.15, 0.2) is 65.8 Å². The van der Waals surface area contributed by atoms with Gasteiger partial charge >= 0.3 is 0 Å². The van der Waals surface area contributed by atoms with E-state index in [1.807, 2.05) is 57.0 Å². The van der Waals surface area contributed by atoms with Crippen molar-refractivity contribution in [3.05, 3.63) is 77.0 Å². The number of benzene rings is 1. The highest BCUT2D eigenvalue weighted by Crippen LogP contribution is 2.36. The molecule has 40 heavy (non-hydrogen) atoms. The minimum Gasteiger partial charge on any atom is -0.497 e. The Balaban J connectivity index is 1.17. The molecule has 0 bridgehead atoms. The van der Waals surface area contributed by atoms with Crippen LogP contribution in [0.25, 0.3) is 22.2 Å². The molecule has 0 radical (unpaired) electrons. The highest BCUT2D eigenvalue weighted by atomic mass is 16.5. The van der Waals surface area contributed by atoms with Crippen molar-refractivity contribution in [1.29, 1.82) is 0 Å². The van der Waals surface area contributed by atoms with Crippen LogP contribution in [0, 0.1) is 0 Å². The molecule has 0 unspecified atom stereocenters. The standard InChI is InChI=1S/C29H32N8O3/c1-30-26-14-25-24(16-31-26)29(20-15-32-35(2)18-20)34-37(25)21-6-10-23(11-7-21)40-27-12-13-28(38)36(33-27)17-19-4-8-22(39-3)9-5-19/h4-5,8-9,12-16,18,21,23H,6-7,10-11,17H2,1-3H3,(H,30,31). The molecule has 1 saturated carbocycles. The van der Waals surface area contributed by atoms with Gasteiger partial charge in [0.1, 0.15) is 23.4 Å². The van der Waals surface area contributed by atoms with E-state index in [9.17, 15) is 4.79 Å². The highest BCUT2D eigenvalue weighted by molar-refractivity contribution is 5.93. The summed E-state index contributed by atoms with van der Waals surface area (Å²) in [7, 11) is 5.40. The molecule has 4 heterocycles. The van der Waals surface area contributed by atoms with Gasteiger partial charge in [-0.25, -0.2) is 9.67 Å². The summed E-state index contributed by atoms with van der Waals surface area (Å²) in [6, 6.07) is 13.1. The van der Waals surface area contributed by atoms with Gasteiger partial charge in [0.2, 0.25) is 5.88 Å². The molecule has 5 aromatic rings. The first kappa shape index (κ1) is 25.6. The molecule has 0 aliphatic heterocycles. The number of pyridine rings is 1. The molecule has 11 heteroatoms. The topological polar surface area (TPSA) is 114 Å². The molecule has 0 amide bonds. The van der Waals surface area contributed by atoms with Crippen LogP contribution in [0.4, 0.5) is 5.82 Å². The van der Waals surface area contributed by atoms with Crippen molar-refractivity contribution in [2.75, 3.05) is 19.5 Å². The first-order chi connectivity index (χ1) is 19.5. The van der Waals surface area contributed by atoms with E-state index in [0.29, 0.717) is 12.4 Å². The Bertz CT molecular complexity index is 1680. The zero-order valence-corrected chi connectivity index (χ0v) is 22.8. The molecule has 0 saturated heterocycles. The number of rotatable bonds is 8. The summed E-state index contributed by atoms with van der Waals surface area (Å²) in [6.45, 7) is 0.363. The average molecular weight is 541 g/mol. The van der Waals surface area contributed by atoms with Crippen molar-refractivity contribution in [2.45, 2.75) is 44.4 Å². The molecular formula is C29H32N8O3. The molecule has 0 spiro atoms. The van der Waals surface area contributed by atoms with Gasteiger partial charge in [-0.15, -0.1) is 5.10 Å². The lowest BCUT2D eigenvalue weighted by atomic mass is 9.93. The quantitative estimate of drug-likeness (QED) is 0.314. The number of anilines is 1. The van der Waals surface area contributed by atoms with Crippen molar-refractivity contribution in [2.24, 2.45) is 7.05 Å². The second kappa shape index (κ2) is 10.8. The van der Waals surface area contributed by atoms with Gasteiger partial charge in [-0.05, 0) is 43.4 Å². The molecule has 1 aromatic carbocycles. The van der Waals surface area contributed by atoms with Gasteiger partial charge in [-0.3, -0.25) is 14.2 Å². The third kappa shape index (κ3) is 5.14. The smallest absolute Gasteiger partial charge is 0.267 e. The van der Waals surface area contributed by atoms with Gasteiger partial charge in [-0.2, -0.15) is 10.2 Å². The van der Waals surface area contributed by atoms with Crippen molar-refractivity contribution < 1.29 is 9.47 Å². The second-order valence-corrected chi connectivity index (χ2v) is 10.1. The van der Waals surface area contributed by atoms with E-state index in [0.717, 1.165) is 65.0 Å². The lowest BCUT2D eigenvalue weighted by Gasteiger charge is -2.29. The van der Waals surface area contributed by atoms with Crippen LogP contribution in [0.2, 0.25) is 0 Å². The fraction of sp³-hybridized carbons (Fsp3) is 0.345. The number of methoxy groups -OCH3 is 1. The minimum absolute atomic E-state index is 0.0184. The van der Waals surface area contributed by atoms with Crippen molar-refractivity contribution >= 4 is 16.7 Å². The first-order valence-corrected chi connectivity index (χ1v) is 13.4. The summed E-state index contributed by atoms with van der Waals surface area (Å²) in [5.41, 5.74) is 3.70. The molecular weight excluding hydrogens is 508 g/mol. The normalized spacial score (nSPS) is 17.2. The lowest BCUT2D eigenvalue weighted by Crippen LogP contribution is -2.28. The Kier molecular flexibility index (Phi) is 6.93. The van der Waals surface area contributed by atoms with Crippen molar-refractivity contribution in [1.82, 2.24) is 34.3 Å². The molecule has 0 atom stereocenters. The molecule has 11 nitrogen and oxygen atoms in total. The van der Waals surface area contributed by atoms with E-state index in [4.69, 9.17) is 14.6 Å². The van der Waals surface area contributed by atoms with Gasteiger partial charge in [0.15, 0.2) is 0 Å². The van der Waals surface area contributed by atoms with Gasteiger partial charge in [0.05, 0.1) is 31.4 Å². The van der Waals surface area contributed by atoms with E-state index in [-0.39, 0.29) is 17.7 Å². The Morgan fingerprint density at radius 1 is 1.02 bits per heavy atom. The minimum atomic E-state index is -0.169. The number of aromatic nitrogens is 7. The highest BCUT2D eigenvalue weighted by Gasteiger charge is 2.27.